The van der Waals surface area contributed by atoms with Gasteiger partial charge in [-0.3, -0.25) is 0 Å². The second-order valence-electron chi connectivity index (χ2n) is 12.2. The quantitative estimate of drug-likeness (QED) is 0.149. The molecule has 2 unspecified atom stereocenters. The fourth-order valence-corrected chi connectivity index (χ4v) is 6.39. The van der Waals surface area contributed by atoms with Crippen LogP contribution in [0.3, 0.4) is 0 Å². The minimum atomic E-state index is 0.802. The van der Waals surface area contributed by atoms with Gasteiger partial charge in [0.25, 0.3) is 0 Å². The Bertz CT molecular complexity index is 847. The molecule has 218 valence electrons. The van der Waals surface area contributed by atoms with E-state index in [1.807, 2.05) is 12.4 Å². The lowest BCUT2D eigenvalue weighted by Gasteiger charge is -2.32. The molecule has 3 heteroatoms. The number of nitrogens with zero attached hydrogens (tertiary/aromatic N) is 2. The lowest BCUT2D eigenvalue weighted by atomic mass is 9.74. The molecular formula is C36H58N2O. The second kappa shape index (κ2) is 20.0. The van der Waals surface area contributed by atoms with Gasteiger partial charge in [-0.25, -0.2) is 9.97 Å². The third-order valence-corrected chi connectivity index (χ3v) is 8.87. The Morgan fingerprint density at radius 1 is 0.641 bits per heavy atom. The summed E-state index contributed by atoms with van der Waals surface area (Å²) in [6, 6.07) is 8.34. The van der Waals surface area contributed by atoms with Crippen molar-refractivity contribution in [3.8, 4) is 17.1 Å². The molecule has 2 aromatic rings. The van der Waals surface area contributed by atoms with Crippen molar-refractivity contribution in [2.75, 3.05) is 6.61 Å². The average molecular weight is 535 g/mol. The van der Waals surface area contributed by atoms with Crippen LogP contribution in [0.15, 0.2) is 36.7 Å². The van der Waals surface area contributed by atoms with Crippen LogP contribution < -0.4 is 4.74 Å². The first-order valence-corrected chi connectivity index (χ1v) is 16.8. The number of aromatic nitrogens is 2. The van der Waals surface area contributed by atoms with Gasteiger partial charge in [-0.05, 0) is 67.3 Å². The maximum absolute atomic E-state index is 6.13. The zero-order chi connectivity index (χ0) is 27.4. The molecule has 1 aliphatic rings. The lowest BCUT2D eigenvalue weighted by molar-refractivity contribution is 0.190. The Morgan fingerprint density at radius 2 is 1.18 bits per heavy atom. The summed E-state index contributed by atoms with van der Waals surface area (Å²) in [6.45, 7) is 5.39. The number of unbranched alkanes of at least 4 members (excludes halogenated alkanes) is 11. The molecule has 39 heavy (non-hydrogen) atoms. The SMILES string of the molecule is CCCCCCCCCCC1CCCCC1CCCOc1ccc(-c2ncc(CCCCCCC)cn2)cc1. The highest BCUT2D eigenvalue weighted by molar-refractivity contribution is 5.55. The molecule has 2 atom stereocenters. The van der Waals surface area contributed by atoms with Gasteiger partial charge in [0.1, 0.15) is 5.75 Å². The van der Waals surface area contributed by atoms with E-state index in [0.29, 0.717) is 0 Å². The smallest absolute Gasteiger partial charge is 0.159 e. The van der Waals surface area contributed by atoms with E-state index in [0.717, 1.165) is 42.0 Å². The molecule has 3 nitrogen and oxygen atoms in total. The monoisotopic (exact) mass is 534 g/mol. The molecule has 1 saturated carbocycles. The van der Waals surface area contributed by atoms with Gasteiger partial charge in [-0.2, -0.15) is 0 Å². The topological polar surface area (TPSA) is 35.0 Å². The van der Waals surface area contributed by atoms with Crippen molar-refractivity contribution in [1.82, 2.24) is 9.97 Å². The predicted octanol–water partition coefficient (Wildman–Crippen LogP) is 11.2. The van der Waals surface area contributed by atoms with E-state index in [1.54, 1.807) is 0 Å². The van der Waals surface area contributed by atoms with Crippen molar-refractivity contribution in [2.24, 2.45) is 11.8 Å². The van der Waals surface area contributed by atoms with E-state index in [-0.39, 0.29) is 0 Å². The van der Waals surface area contributed by atoms with Crippen molar-refractivity contribution >= 4 is 0 Å². The summed E-state index contributed by atoms with van der Waals surface area (Å²) < 4.78 is 6.13. The molecule has 0 radical (unpaired) electrons. The Hall–Kier alpha value is -1.90. The van der Waals surface area contributed by atoms with E-state index in [2.05, 4.69) is 48.1 Å². The summed E-state index contributed by atoms with van der Waals surface area (Å²) in [5.74, 6) is 3.65. The van der Waals surface area contributed by atoms with Crippen molar-refractivity contribution in [3.63, 3.8) is 0 Å². The molecule has 0 amide bonds. The zero-order valence-electron chi connectivity index (χ0n) is 25.5. The molecule has 3 rings (SSSR count). The molecule has 0 N–H and O–H groups in total. The van der Waals surface area contributed by atoms with E-state index in [4.69, 9.17) is 4.74 Å². The standard InChI is InChI=1S/C36H58N2O/c1-3-5-7-9-10-11-13-15-20-32-21-16-17-22-33(32)23-18-28-39-35-26-24-34(25-27-35)36-37-29-31(30-38-36)19-14-12-8-6-4-2/h24-27,29-30,32-33H,3-23,28H2,1-2H3. The van der Waals surface area contributed by atoms with Gasteiger partial charge in [-0.1, -0.05) is 123 Å². The number of hydrogen-bond acceptors (Lipinski definition) is 3. The zero-order valence-corrected chi connectivity index (χ0v) is 25.5. The van der Waals surface area contributed by atoms with E-state index in [1.165, 1.54) is 134 Å². The fourth-order valence-electron chi connectivity index (χ4n) is 6.39. The molecule has 1 aromatic carbocycles. The molecule has 0 bridgehead atoms. The Balaban J connectivity index is 1.30. The normalized spacial score (nSPS) is 17.4. The van der Waals surface area contributed by atoms with Crippen molar-refractivity contribution < 1.29 is 4.74 Å². The van der Waals surface area contributed by atoms with E-state index >= 15 is 0 Å². The molecule has 1 heterocycles. The number of hydrogen-bond donors (Lipinski definition) is 0. The highest BCUT2D eigenvalue weighted by atomic mass is 16.5. The first-order chi connectivity index (χ1) is 19.3. The number of benzene rings is 1. The summed E-state index contributed by atoms with van der Waals surface area (Å²) >= 11 is 0. The van der Waals surface area contributed by atoms with Crippen LogP contribution in [0.1, 0.15) is 148 Å². The van der Waals surface area contributed by atoms with Crippen molar-refractivity contribution in [2.45, 2.75) is 149 Å². The number of rotatable bonds is 21. The first kappa shape index (κ1) is 31.6. The van der Waals surface area contributed by atoms with Crippen LogP contribution >= 0.6 is 0 Å². The highest BCUT2D eigenvalue weighted by Gasteiger charge is 2.24. The Kier molecular flexibility index (Phi) is 16.3. The van der Waals surface area contributed by atoms with Crippen LogP contribution in [0.25, 0.3) is 11.4 Å². The summed E-state index contributed by atoms with van der Waals surface area (Å²) in [5, 5.41) is 0. The van der Waals surface area contributed by atoms with E-state index in [9.17, 15) is 0 Å². The Morgan fingerprint density at radius 3 is 1.79 bits per heavy atom. The summed E-state index contributed by atoms with van der Waals surface area (Å²) in [5.41, 5.74) is 2.30. The largest absolute Gasteiger partial charge is 0.494 e. The summed E-state index contributed by atoms with van der Waals surface area (Å²) in [7, 11) is 0. The fraction of sp³-hybridized carbons (Fsp3) is 0.722. The average Bonchev–Trinajstić information content (AvgIpc) is 2.98. The molecule has 1 aliphatic carbocycles. The molecular weight excluding hydrogens is 476 g/mol. The van der Waals surface area contributed by atoms with Crippen LogP contribution in [-0.2, 0) is 6.42 Å². The van der Waals surface area contributed by atoms with Gasteiger partial charge < -0.3 is 4.74 Å². The number of aryl methyl sites for hydroxylation is 1. The summed E-state index contributed by atoms with van der Waals surface area (Å²) in [6.07, 6.45) is 32.8. The molecule has 1 aromatic heterocycles. The Labute approximate surface area is 241 Å². The van der Waals surface area contributed by atoms with Crippen LogP contribution in [0.2, 0.25) is 0 Å². The van der Waals surface area contributed by atoms with Crippen LogP contribution in [0.4, 0.5) is 0 Å². The maximum atomic E-state index is 6.13. The van der Waals surface area contributed by atoms with Crippen LogP contribution in [0.5, 0.6) is 5.75 Å². The third kappa shape index (κ3) is 12.9. The maximum Gasteiger partial charge on any atom is 0.159 e. The lowest BCUT2D eigenvalue weighted by Crippen LogP contribution is -2.20. The molecule has 0 spiro atoms. The summed E-state index contributed by atoms with van der Waals surface area (Å²) in [4.78, 5) is 9.24. The van der Waals surface area contributed by atoms with Crippen molar-refractivity contribution in [3.05, 3.63) is 42.2 Å². The van der Waals surface area contributed by atoms with Gasteiger partial charge in [0, 0.05) is 18.0 Å². The molecule has 0 aliphatic heterocycles. The third-order valence-electron chi connectivity index (χ3n) is 8.87. The van der Waals surface area contributed by atoms with Gasteiger partial charge in [0.15, 0.2) is 5.82 Å². The van der Waals surface area contributed by atoms with E-state index < -0.39 is 0 Å². The van der Waals surface area contributed by atoms with Crippen LogP contribution in [-0.4, -0.2) is 16.6 Å². The van der Waals surface area contributed by atoms with Crippen molar-refractivity contribution in [1.29, 1.82) is 0 Å². The second-order valence-corrected chi connectivity index (χ2v) is 12.2. The van der Waals surface area contributed by atoms with Gasteiger partial charge in [0.05, 0.1) is 6.61 Å². The first-order valence-electron chi connectivity index (χ1n) is 16.8. The van der Waals surface area contributed by atoms with Gasteiger partial charge in [0.2, 0.25) is 0 Å². The van der Waals surface area contributed by atoms with Gasteiger partial charge >= 0.3 is 0 Å². The minimum absolute atomic E-state index is 0.802. The van der Waals surface area contributed by atoms with Gasteiger partial charge in [-0.15, -0.1) is 0 Å². The molecule has 0 saturated heterocycles. The molecule has 1 fully saturated rings. The minimum Gasteiger partial charge on any atom is -0.494 e. The predicted molar refractivity (Wildman–Crippen MR) is 167 cm³/mol. The number of ether oxygens (including phenoxy) is 1. The highest BCUT2D eigenvalue weighted by Crippen LogP contribution is 2.36. The van der Waals surface area contributed by atoms with Crippen LogP contribution in [0, 0.1) is 11.8 Å².